The first-order valence-corrected chi connectivity index (χ1v) is 19.0. The molecule has 2 aliphatic heterocycles. The van der Waals surface area contributed by atoms with Gasteiger partial charge in [0.2, 0.25) is 0 Å². The summed E-state index contributed by atoms with van der Waals surface area (Å²) in [7, 11) is 0. The van der Waals surface area contributed by atoms with Crippen LogP contribution in [0.15, 0.2) is 103 Å². The molecule has 2 aliphatic rings. The first-order chi connectivity index (χ1) is 26.4. The maximum atomic E-state index is 5.81. The summed E-state index contributed by atoms with van der Waals surface area (Å²) >= 11 is 0. The normalized spacial score (nSPS) is 17.0. The van der Waals surface area contributed by atoms with Gasteiger partial charge in [0.15, 0.2) is 11.6 Å². The summed E-state index contributed by atoms with van der Waals surface area (Å²) in [5.41, 5.74) is 6.24. The predicted molar refractivity (Wildman–Crippen MR) is 207 cm³/mol. The van der Waals surface area contributed by atoms with Crippen LogP contribution in [0.3, 0.4) is 0 Å². The molecule has 0 saturated heterocycles. The average molecular weight is 727 g/mol. The molecule has 0 spiro atoms. The van der Waals surface area contributed by atoms with Gasteiger partial charge in [-0.25, -0.2) is 9.36 Å². The van der Waals surface area contributed by atoms with Crippen LogP contribution in [-0.2, 0) is 26.2 Å². The first kappa shape index (κ1) is 36.9. The minimum Gasteiger partial charge on any atom is -0.494 e. The number of nitrogens with zero attached hydrogens (tertiary/aromatic N) is 10. The molecule has 54 heavy (non-hydrogen) atoms. The van der Waals surface area contributed by atoms with Crippen LogP contribution >= 0.6 is 0 Å². The minimum absolute atomic E-state index is 0.0300. The molecule has 12 heteroatoms. The number of fused-ring (bicyclic) bond motifs is 2. The molecule has 8 rings (SSSR count). The molecule has 0 saturated carbocycles. The largest absolute Gasteiger partial charge is 0.494 e. The van der Waals surface area contributed by atoms with Crippen molar-refractivity contribution in [2.24, 2.45) is 0 Å². The Kier molecular flexibility index (Phi) is 12.0. The summed E-state index contributed by atoms with van der Waals surface area (Å²) in [4.78, 5) is 4.88. The topological polar surface area (TPSA) is 112 Å². The number of aromatic nitrogens is 8. The molecule has 0 bridgehead atoms. The zero-order valence-electron chi connectivity index (χ0n) is 31.7. The highest BCUT2D eigenvalue weighted by atomic mass is 16.5. The van der Waals surface area contributed by atoms with Gasteiger partial charge in [-0.05, 0) is 94.6 Å². The highest BCUT2D eigenvalue weighted by Gasteiger charge is 2.33. The molecule has 4 aromatic carbocycles. The number of hydrogen-bond acceptors (Lipinski definition) is 10. The Labute approximate surface area is 317 Å². The van der Waals surface area contributed by atoms with Crippen LogP contribution in [0.4, 0.5) is 0 Å². The third kappa shape index (κ3) is 9.00. The molecular weight excluding hydrogens is 677 g/mol. The van der Waals surface area contributed by atoms with Crippen molar-refractivity contribution >= 4 is 0 Å². The molecule has 12 nitrogen and oxygen atoms in total. The third-order valence-electron chi connectivity index (χ3n) is 9.76. The van der Waals surface area contributed by atoms with E-state index in [2.05, 4.69) is 146 Å². The summed E-state index contributed by atoms with van der Waals surface area (Å²) in [5, 5.41) is 24.7. The van der Waals surface area contributed by atoms with E-state index in [1.54, 1.807) is 0 Å². The van der Waals surface area contributed by atoms with E-state index in [1.165, 1.54) is 27.8 Å². The fourth-order valence-corrected chi connectivity index (χ4v) is 7.17. The second-order valence-electron chi connectivity index (χ2n) is 14.2. The Morgan fingerprint density at radius 1 is 0.648 bits per heavy atom. The fraction of sp³-hybridized carbons (Fsp3) is 0.381. The maximum absolute atomic E-state index is 5.81. The van der Waals surface area contributed by atoms with Crippen LogP contribution in [0.2, 0.25) is 0 Å². The van der Waals surface area contributed by atoms with Crippen LogP contribution < -0.4 is 9.47 Å². The van der Waals surface area contributed by atoms with E-state index in [4.69, 9.17) is 9.47 Å². The van der Waals surface area contributed by atoms with E-state index in [1.807, 2.05) is 35.3 Å². The minimum atomic E-state index is 0.0300. The Hall–Kier alpha value is -5.46. The zero-order valence-corrected chi connectivity index (χ0v) is 31.7. The lowest BCUT2D eigenvalue weighted by Gasteiger charge is -2.35. The van der Waals surface area contributed by atoms with E-state index in [9.17, 15) is 0 Å². The SMILES string of the molecule is CCCCOc1ccc(C2c3nnnn3CCN2Cc2ccccc2)cc1.Cc1cccc(CN2CCn3nnnc3C2c2ccc(OC(C)C)cc2)c1. The first-order valence-electron chi connectivity index (χ1n) is 19.0. The maximum Gasteiger partial charge on any atom is 0.173 e. The van der Waals surface area contributed by atoms with E-state index in [-0.39, 0.29) is 18.2 Å². The molecule has 0 aliphatic carbocycles. The number of aryl methyl sites for hydroxylation is 1. The average Bonchev–Trinajstić information content (AvgIpc) is 3.87. The molecule has 0 fully saturated rings. The number of ether oxygens (including phenoxy) is 2. The molecule has 0 amide bonds. The summed E-state index contributed by atoms with van der Waals surface area (Å²) in [6.45, 7) is 14.3. The standard InChI is InChI=1S/2C21H25N5O/c1-15(2)27-19-9-7-18(8-10-19)20-21-22-23-24-26(21)12-11-25(20)14-17-6-4-5-16(3)13-17;1-2-3-15-27-19-11-9-18(10-12-19)20-21-22-23-24-26(21)14-13-25(20)16-17-7-5-4-6-8-17/h4-10,13,15,20H,11-12,14H2,1-3H3;4-12,20H,2-3,13-16H2,1H3. The van der Waals surface area contributed by atoms with Crippen LogP contribution in [0, 0.1) is 6.92 Å². The molecule has 2 aromatic heterocycles. The van der Waals surface area contributed by atoms with Gasteiger partial charge < -0.3 is 9.47 Å². The van der Waals surface area contributed by atoms with Crippen LogP contribution in [-0.4, -0.2) is 76.0 Å². The monoisotopic (exact) mass is 726 g/mol. The van der Waals surface area contributed by atoms with Crippen molar-refractivity contribution in [1.82, 2.24) is 50.2 Å². The van der Waals surface area contributed by atoms with Gasteiger partial charge in [-0.2, -0.15) is 0 Å². The second-order valence-corrected chi connectivity index (χ2v) is 14.2. The Balaban J connectivity index is 0.000000167. The Morgan fingerprint density at radius 2 is 1.20 bits per heavy atom. The van der Waals surface area contributed by atoms with Gasteiger partial charge in [-0.1, -0.05) is 97.8 Å². The number of tetrazole rings is 2. The number of rotatable bonds is 12. The molecule has 0 N–H and O–H groups in total. The van der Waals surface area contributed by atoms with Crippen molar-refractivity contribution in [3.05, 3.63) is 143 Å². The zero-order chi connectivity index (χ0) is 37.3. The van der Waals surface area contributed by atoms with Crippen molar-refractivity contribution in [2.45, 2.75) is 84.9 Å². The predicted octanol–water partition coefficient (Wildman–Crippen LogP) is 6.83. The molecular formula is C42H50N10O2. The Bertz CT molecular complexity index is 2050. The van der Waals surface area contributed by atoms with E-state index < -0.39 is 0 Å². The number of unbranched alkanes of at least 4 members (excludes halogenated alkanes) is 1. The number of benzene rings is 4. The second kappa shape index (κ2) is 17.6. The van der Waals surface area contributed by atoms with Crippen LogP contribution in [0.1, 0.15) is 85.2 Å². The molecule has 6 aromatic rings. The smallest absolute Gasteiger partial charge is 0.173 e. The Morgan fingerprint density at radius 3 is 1.76 bits per heavy atom. The van der Waals surface area contributed by atoms with E-state index >= 15 is 0 Å². The molecule has 2 unspecified atom stereocenters. The molecule has 0 radical (unpaired) electrons. The van der Waals surface area contributed by atoms with Gasteiger partial charge >= 0.3 is 0 Å². The molecule has 4 heterocycles. The van der Waals surface area contributed by atoms with Gasteiger partial charge in [0.25, 0.3) is 0 Å². The summed E-state index contributed by atoms with van der Waals surface area (Å²) < 4.78 is 15.4. The fourth-order valence-electron chi connectivity index (χ4n) is 7.17. The van der Waals surface area contributed by atoms with E-state index in [0.717, 1.165) is 81.9 Å². The van der Waals surface area contributed by atoms with Crippen molar-refractivity contribution in [2.75, 3.05) is 19.7 Å². The summed E-state index contributed by atoms with van der Waals surface area (Å²) in [6, 6.07) is 36.0. The van der Waals surface area contributed by atoms with E-state index in [0.29, 0.717) is 0 Å². The van der Waals surface area contributed by atoms with Crippen molar-refractivity contribution < 1.29 is 9.47 Å². The van der Waals surface area contributed by atoms with Crippen LogP contribution in [0.5, 0.6) is 11.5 Å². The summed E-state index contributed by atoms with van der Waals surface area (Å²) in [6.07, 6.45) is 2.37. The van der Waals surface area contributed by atoms with Gasteiger partial charge in [0.1, 0.15) is 11.5 Å². The molecule has 280 valence electrons. The van der Waals surface area contributed by atoms with Gasteiger partial charge in [0.05, 0.1) is 37.9 Å². The highest BCUT2D eigenvalue weighted by Crippen LogP contribution is 2.34. The van der Waals surface area contributed by atoms with Crippen molar-refractivity contribution in [3.8, 4) is 11.5 Å². The lowest BCUT2D eigenvalue weighted by molar-refractivity contribution is 0.164. The highest BCUT2D eigenvalue weighted by molar-refractivity contribution is 5.34. The lowest BCUT2D eigenvalue weighted by atomic mass is 10.0. The quantitative estimate of drug-likeness (QED) is 0.124. The van der Waals surface area contributed by atoms with Gasteiger partial charge in [-0.15, -0.1) is 10.2 Å². The van der Waals surface area contributed by atoms with Gasteiger partial charge in [-0.3, -0.25) is 9.80 Å². The lowest BCUT2D eigenvalue weighted by Crippen LogP contribution is -2.39. The van der Waals surface area contributed by atoms with Crippen molar-refractivity contribution in [1.29, 1.82) is 0 Å². The third-order valence-corrected chi connectivity index (χ3v) is 9.76. The number of hydrogen-bond donors (Lipinski definition) is 0. The summed E-state index contributed by atoms with van der Waals surface area (Å²) in [5.74, 6) is 3.59. The van der Waals surface area contributed by atoms with Crippen LogP contribution in [0.25, 0.3) is 0 Å². The molecule has 2 atom stereocenters. The van der Waals surface area contributed by atoms with Crippen molar-refractivity contribution in [3.63, 3.8) is 0 Å². The van der Waals surface area contributed by atoms with Gasteiger partial charge in [0, 0.05) is 26.2 Å².